The van der Waals surface area contributed by atoms with Crippen LogP contribution in [-0.2, 0) is 33.3 Å². The van der Waals surface area contributed by atoms with Crippen molar-refractivity contribution < 1.29 is 42.9 Å². The summed E-state index contributed by atoms with van der Waals surface area (Å²) in [5.74, 6) is -1.98. The average Bonchev–Trinajstić information content (AvgIpc) is 1.67. The van der Waals surface area contributed by atoms with Gasteiger partial charge < -0.3 is 28.5 Å². The summed E-state index contributed by atoms with van der Waals surface area (Å²) >= 11 is 0. The lowest BCUT2D eigenvalue weighted by Gasteiger charge is -2.25. The Labute approximate surface area is 620 Å². The van der Waals surface area contributed by atoms with E-state index >= 15 is 0 Å². The van der Waals surface area contributed by atoms with Crippen LogP contribution in [0.4, 0.5) is 0 Å². The van der Waals surface area contributed by atoms with Gasteiger partial charge in [-0.15, -0.1) is 0 Å². The highest BCUT2D eigenvalue weighted by atomic mass is 16.7. The van der Waals surface area contributed by atoms with Crippen LogP contribution >= 0.6 is 0 Å². The van der Waals surface area contributed by atoms with Gasteiger partial charge in [0.05, 0.1) is 34.4 Å². The molecule has 0 heterocycles. The maximum absolute atomic E-state index is 13.0. The van der Waals surface area contributed by atoms with Crippen molar-refractivity contribution in [3.05, 3.63) is 85.1 Å². The zero-order valence-corrected chi connectivity index (χ0v) is 66.9. The second-order valence-corrected chi connectivity index (χ2v) is 30.5. The van der Waals surface area contributed by atoms with Gasteiger partial charge in [0, 0.05) is 12.8 Å². The molecule has 0 aromatic heterocycles. The van der Waals surface area contributed by atoms with E-state index < -0.39 is 24.3 Å². The van der Waals surface area contributed by atoms with E-state index in [1.54, 1.807) is 0 Å². The number of hydrogen-bond donors (Lipinski definition) is 1. The molecule has 1 N–H and O–H groups in total. The van der Waals surface area contributed by atoms with E-state index in [9.17, 15) is 19.5 Å². The van der Waals surface area contributed by atoms with Crippen molar-refractivity contribution in [2.75, 3.05) is 47.5 Å². The van der Waals surface area contributed by atoms with Crippen LogP contribution in [0.1, 0.15) is 418 Å². The Kier molecular flexibility index (Phi) is 78.3. The highest BCUT2D eigenvalue weighted by molar-refractivity contribution is 5.71. The van der Waals surface area contributed by atoms with Crippen LogP contribution in [-0.4, -0.2) is 87.4 Å². The Hall–Kier alpha value is -3.53. The highest BCUT2D eigenvalue weighted by Crippen LogP contribution is 2.20. The number of rotatable bonds is 81. The summed E-state index contributed by atoms with van der Waals surface area (Å²) in [7, 11) is 5.99. The molecule has 100 heavy (non-hydrogen) atoms. The predicted octanol–water partition coefficient (Wildman–Crippen LogP) is 28.1. The van der Waals surface area contributed by atoms with E-state index in [4.69, 9.17) is 18.9 Å². The number of hydrogen-bond acceptors (Lipinski definition) is 7. The van der Waals surface area contributed by atoms with Gasteiger partial charge in [-0.05, 0) is 70.6 Å². The molecule has 0 saturated carbocycles. The minimum absolute atomic E-state index is 0.181. The maximum Gasteiger partial charge on any atom is 0.361 e. The van der Waals surface area contributed by atoms with Crippen molar-refractivity contribution >= 4 is 17.9 Å². The number of unbranched alkanes of at least 4 members (excludes halogenated alkanes) is 52. The molecule has 0 amide bonds. The summed E-state index contributed by atoms with van der Waals surface area (Å²) in [6, 6.07) is 0. The fourth-order valence-corrected chi connectivity index (χ4v) is 12.9. The number of quaternary nitrogens is 1. The monoisotopic (exact) mass is 1400 g/mol. The van der Waals surface area contributed by atoms with Gasteiger partial charge in [0.1, 0.15) is 13.2 Å². The van der Waals surface area contributed by atoms with Gasteiger partial charge in [0.15, 0.2) is 6.10 Å². The topological polar surface area (TPSA) is 108 Å². The maximum atomic E-state index is 13.0. The normalized spacial score (nSPS) is 13.0. The number of esters is 2. The van der Waals surface area contributed by atoms with Gasteiger partial charge in [-0.3, -0.25) is 9.59 Å². The Balaban J connectivity index is 3.95. The molecule has 0 aromatic carbocycles. The van der Waals surface area contributed by atoms with Gasteiger partial charge in [-0.2, -0.15) is 0 Å². The SMILES string of the molecule is CC/C=C\C/C=C\C/C=C\C/C=C\C/C=C\C/C=C\C/C=C\CCCCCCCCCCCCCCCC(=O)OC(COC(=O)CCCCCCCCCCCCCCCCCCCCCCCCCCCCCCCCCCCCCCCCCC)COC(OCC[N+](C)(C)C)C(=O)O. The first-order chi connectivity index (χ1) is 49.1. The standard InChI is InChI=1S/C91H165NO8/c1-6-8-10-12-14-16-18-20-22-24-26-28-30-32-34-36-38-40-42-43-44-45-46-48-49-51-53-55-57-59-61-63-65-67-69-71-73-75-77-79-81-88(93)98-85-87(86-99-91(90(95)96)97-84-83-92(3,4)5)100-89(94)82-80-78-76-74-72-70-68-66-64-62-60-58-56-54-52-50-47-41-39-37-35-33-31-29-27-25-23-21-19-17-15-13-11-9-7-2/h9,11,15,17,21,23,27,29,33,35,39,41,50,52,87,91H,6-8,10,12-14,16,18-20,22,24-26,28,30-32,34,36-38,40,42-49,51,53-86H2,1-5H3/p+1/b11-9-,17-15-,23-21-,29-27-,35-33-,41-39-,52-50-. The van der Waals surface area contributed by atoms with Crippen LogP contribution in [0, 0.1) is 0 Å². The number of carbonyl (C=O) groups is 3. The van der Waals surface area contributed by atoms with E-state index in [-0.39, 0.29) is 32.2 Å². The van der Waals surface area contributed by atoms with E-state index in [0.29, 0.717) is 17.4 Å². The number of nitrogens with zero attached hydrogens (tertiary/aromatic N) is 1. The third kappa shape index (κ3) is 81.8. The van der Waals surface area contributed by atoms with Crippen molar-refractivity contribution in [3.8, 4) is 0 Å². The average molecular weight is 1400 g/mol. The first kappa shape index (κ1) is 96.5. The molecule has 0 aliphatic carbocycles. The zero-order chi connectivity index (χ0) is 72.5. The summed E-state index contributed by atoms with van der Waals surface area (Å²) in [6.07, 6.45) is 109. The Morgan fingerprint density at radius 1 is 0.310 bits per heavy atom. The van der Waals surface area contributed by atoms with Gasteiger partial charge in [0.2, 0.25) is 0 Å². The molecule has 0 aromatic rings. The number of carbonyl (C=O) groups excluding carboxylic acids is 2. The Morgan fingerprint density at radius 3 is 0.850 bits per heavy atom. The van der Waals surface area contributed by atoms with Crippen molar-refractivity contribution in [2.24, 2.45) is 0 Å². The molecule has 0 spiro atoms. The fourth-order valence-electron chi connectivity index (χ4n) is 12.9. The molecule has 0 fully saturated rings. The number of ether oxygens (including phenoxy) is 4. The molecule has 9 heteroatoms. The van der Waals surface area contributed by atoms with E-state index in [0.717, 1.165) is 83.5 Å². The van der Waals surface area contributed by atoms with E-state index in [2.05, 4.69) is 98.9 Å². The number of likely N-dealkylation sites (N-methyl/N-ethyl adjacent to an activating group) is 1. The van der Waals surface area contributed by atoms with Crippen molar-refractivity contribution in [3.63, 3.8) is 0 Å². The van der Waals surface area contributed by atoms with E-state index in [1.807, 2.05) is 21.1 Å². The smallest absolute Gasteiger partial charge is 0.361 e. The quantitative estimate of drug-likeness (QED) is 0.0211. The molecular formula is C91H166NO8+. The summed E-state index contributed by atoms with van der Waals surface area (Å²) < 4.78 is 23.1. The van der Waals surface area contributed by atoms with Crippen molar-refractivity contribution in [1.82, 2.24) is 0 Å². The minimum atomic E-state index is -1.51. The lowest BCUT2D eigenvalue weighted by atomic mass is 10.0. The molecule has 2 unspecified atom stereocenters. The van der Waals surface area contributed by atoms with Crippen molar-refractivity contribution in [2.45, 2.75) is 431 Å². The van der Waals surface area contributed by atoms with Crippen LogP contribution < -0.4 is 0 Å². The van der Waals surface area contributed by atoms with Crippen molar-refractivity contribution in [1.29, 1.82) is 0 Å². The van der Waals surface area contributed by atoms with Gasteiger partial charge in [-0.1, -0.05) is 420 Å². The third-order valence-electron chi connectivity index (χ3n) is 19.4. The summed E-state index contributed by atoms with van der Waals surface area (Å²) in [5, 5.41) is 9.79. The number of carboxylic acid groups (broad SMARTS) is 1. The highest BCUT2D eigenvalue weighted by Gasteiger charge is 2.25. The molecular weight excluding hydrogens is 1230 g/mol. The molecule has 9 nitrogen and oxygen atoms in total. The molecule has 0 bridgehead atoms. The number of carboxylic acids is 1. The molecule has 0 rings (SSSR count). The zero-order valence-electron chi connectivity index (χ0n) is 66.9. The molecule has 0 saturated heterocycles. The predicted molar refractivity (Wildman–Crippen MR) is 433 cm³/mol. The van der Waals surface area contributed by atoms with Gasteiger partial charge in [0.25, 0.3) is 6.29 Å². The second kappa shape index (κ2) is 81.1. The lowest BCUT2D eigenvalue weighted by Crippen LogP contribution is -2.40. The van der Waals surface area contributed by atoms with Gasteiger partial charge >= 0.3 is 17.9 Å². The Bertz CT molecular complexity index is 1930. The first-order valence-electron chi connectivity index (χ1n) is 43.3. The summed E-state index contributed by atoms with van der Waals surface area (Å²) in [5.41, 5.74) is 0. The summed E-state index contributed by atoms with van der Waals surface area (Å²) in [6.45, 7) is 4.83. The molecule has 2 atom stereocenters. The van der Waals surface area contributed by atoms with Crippen LogP contribution in [0.2, 0.25) is 0 Å². The molecule has 0 aliphatic heterocycles. The fraction of sp³-hybridized carbons (Fsp3) is 0.813. The van der Waals surface area contributed by atoms with Crippen LogP contribution in [0.15, 0.2) is 85.1 Å². The van der Waals surface area contributed by atoms with Crippen LogP contribution in [0.5, 0.6) is 0 Å². The number of aliphatic carboxylic acids is 1. The lowest BCUT2D eigenvalue weighted by molar-refractivity contribution is -0.870. The largest absolute Gasteiger partial charge is 0.477 e. The second-order valence-electron chi connectivity index (χ2n) is 30.5. The number of allylic oxidation sites excluding steroid dienone is 14. The van der Waals surface area contributed by atoms with E-state index in [1.165, 1.54) is 308 Å². The van der Waals surface area contributed by atoms with Crippen LogP contribution in [0.3, 0.4) is 0 Å². The molecule has 0 radical (unpaired) electrons. The van der Waals surface area contributed by atoms with Crippen LogP contribution in [0.25, 0.3) is 0 Å². The minimum Gasteiger partial charge on any atom is -0.477 e. The van der Waals surface area contributed by atoms with Gasteiger partial charge in [-0.25, -0.2) is 4.79 Å². The Morgan fingerprint density at radius 2 is 0.570 bits per heavy atom. The first-order valence-corrected chi connectivity index (χ1v) is 43.3. The summed E-state index contributed by atoms with van der Waals surface area (Å²) in [4.78, 5) is 37.8. The third-order valence-corrected chi connectivity index (χ3v) is 19.4. The molecule has 0 aliphatic rings. The molecule has 582 valence electrons.